The van der Waals surface area contributed by atoms with Gasteiger partial charge in [0.05, 0.1) is 28.5 Å². The van der Waals surface area contributed by atoms with E-state index in [1.807, 2.05) is 48.5 Å². The van der Waals surface area contributed by atoms with E-state index in [0.29, 0.717) is 40.4 Å². The van der Waals surface area contributed by atoms with Gasteiger partial charge in [0.2, 0.25) is 17.8 Å². The predicted octanol–water partition coefficient (Wildman–Crippen LogP) is 4.78. The number of carbonyl (C=O) groups is 4. The Bertz CT molecular complexity index is 2420. The highest BCUT2D eigenvalue weighted by Crippen LogP contribution is 2.36. The molecule has 14 nitrogen and oxygen atoms in total. The molecule has 1 aromatic heterocycles. The minimum atomic E-state index is -0.972. The zero-order chi connectivity index (χ0) is 42.4. The molecule has 4 aromatic rings. The molecule has 9 rings (SSSR count). The first-order valence-corrected chi connectivity index (χ1v) is 21.4. The Morgan fingerprint density at radius 3 is 2.34 bits per heavy atom. The van der Waals surface area contributed by atoms with Crippen molar-refractivity contribution in [1.29, 1.82) is 5.26 Å². The van der Waals surface area contributed by atoms with E-state index in [2.05, 4.69) is 49.8 Å². The molecule has 314 valence electrons. The van der Waals surface area contributed by atoms with E-state index in [9.17, 15) is 24.4 Å². The zero-order valence-corrected chi connectivity index (χ0v) is 35.1. The molecule has 15 heteroatoms. The number of halogens is 1. The number of nitrogens with zero attached hydrogens (tertiary/aromatic N) is 8. The van der Waals surface area contributed by atoms with Gasteiger partial charge in [-0.3, -0.25) is 39.2 Å². The summed E-state index contributed by atoms with van der Waals surface area (Å²) in [6, 6.07) is 22.9. The molecule has 0 aliphatic carbocycles. The highest BCUT2D eigenvalue weighted by Gasteiger charge is 2.45. The van der Waals surface area contributed by atoms with Crippen LogP contribution in [0.5, 0.6) is 5.75 Å². The SMILES string of the molecule is CC(C)(c1ccc(OCc2ccnc(N3CCN(C4CN(C5CCCN(c6ccc7c(c6)C(=O)N(C6CCC(=O)NC6=O)C7=O)C5)C4)CC3)n2)cc1)c1cc(Cl)cc(C#N)c1. The van der Waals surface area contributed by atoms with Gasteiger partial charge in [-0.05, 0) is 85.0 Å². The van der Waals surface area contributed by atoms with E-state index in [1.54, 1.807) is 24.4 Å². The number of imide groups is 2. The lowest BCUT2D eigenvalue weighted by molar-refractivity contribution is -0.136. The number of benzene rings is 3. The van der Waals surface area contributed by atoms with Crippen LogP contribution < -0.4 is 19.9 Å². The smallest absolute Gasteiger partial charge is 0.262 e. The van der Waals surface area contributed by atoms with Crippen LogP contribution in [0.15, 0.2) is 72.9 Å². The summed E-state index contributed by atoms with van der Waals surface area (Å²) in [7, 11) is 0. The summed E-state index contributed by atoms with van der Waals surface area (Å²) in [4.78, 5) is 71.0. The quantitative estimate of drug-likeness (QED) is 0.219. The van der Waals surface area contributed by atoms with Gasteiger partial charge in [0.15, 0.2) is 0 Å². The van der Waals surface area contributed by atoms with Crippen LogP contribution in [0, 0.1) is 11.3 Å². The molecule has 1 N–H and O–H groups in total. The molecule has 4 saturated heterocycles. The number of aromatic nitrogens is 2. The number of carbonyl (C=O) groups excluding carboxylic acids is 4. The summed E-state index contributed by atoms with van der Waals surface area (Å²) in [5, 5.41) is 12.2. The number of hydrogen-bond donors (Lipinski definition) is 1. The molecule has 0 bridgehead atoms. The molecule has 4 amide bonds. The van der Waals surface area contributed by atoms with E-state index in [-0.39, 0.29) is 24.2 Å². The first kappa shape index (κ1) is 40.5. The van der Waals surface area contributed by atoms with Crippen molar-refractivity contribution >= 4 is 46.9 Å². The Morgan fingerprint density at radius 1 is 0.820 bits per heavy atom. The van der Waals surface area contributed by atoms with Gasteiger partial charge >= 0.3 is 0 Å². The van der Waals surface area contributed by atoms with Gasteiger partial charge < -0.3 is 14.5 Å². The summed E-state index contributed by atoms with van der Waals surface area (Å²) in [5.74, 6) is -0.490. The second-order valence-electron chi connectivity index (χ2n) is 17.2. The van der Waals surface area contributed by atoms with Gasteiger partial charge in [-0.15, -0.1) is 0 Å². The maximum atomic E-state index is 13.4. The Balaban J connectivity index is 0.741. The van der Waals surface area contributed by atoms with Crippen molar-refractivity contribution in [1.82, 2.24) is 30.0 Å². The number of rotatable bonds is 10. The molecule has 5 aliphatic rings. The minimum absolute atomic E-state index is 0.0942. The molecule has 61 heavy (non-hydrogen) atoms. The van der Waals surface area contributed by atoms with Crippen molar-refractivity contribution in [2.45, 2.75) is 69.7 Å². The normalized spacial score (nSPS) is 21.6. The number of hydrogen-bond acceptors (Lipinski definition) is 12. The highest BCUT2D eigenvalue weighted by atomic mass is 35.5. The highest BCUT2D eigenvalue weighted by molar-refractivity contribution is 6.30. The van der Waals surface area contributed by atoms with Gasteiger partial charge in [-0.1, -0.05) is 37.6 Å². The molecular formula is C46H48ClN9O5. The number of amides is 4. The molecule has 2 atom stereocenters. The Labute approximate surface area is 360 Å². The summed E-state index contributed by atoms with van der Waals surface area (Å²) in [6.07, 6.45) is 4.17. The Morgan fingerprint density at radius 2 is 1.59 bits per heavy atom. The maximum Gasteiger partial charge on any atom is 0.262 e. The van der Waals surface area contributed by atoms with Crippen LogP contribution in [-0.2, 0) is 21.6 Å². The predicted molar refractivity (Wildman–Crippen MR) is 229 cm³/mol. The van der Waals surface area contributed by atoms with E-state index in [0.717, 1.165) is 104 Å². The van der Waals surface area contributed by atoms with Crippen LogP contribution >= 0.6 is 11.6 Å². The fourth-order valence-corrected chi connectivity index (χ4v) is 9.61. The summed E-state index contributed by atoms with van der Waals surface area (Å²) in [5.41, 5.74) is 4.57. The third-order valence-corrected chi connectivity index (χ3v) is 13.3. The number of anilines is 2. The molecule has 2 unspecified atom stereocenters. The number of nitriles is 1. The van der Waals surface area contributed by atoms with E-state index in [4.69, 9.17) is 21.3 Å². The van der Waals surface area contributed by atoms with Gasteiger partial charge in [-0.2, -0.15) is 5.26 Å². The van der Waals surface area contributed by atoms with Gasteiger partial charge in [0.25, 0.3) is 11.8 Å². The summed E-state index contributed by atoms with van der Waals surface area (Å²) < 4.78 is 6.15. The molecule has 0 saturated carbocycles. The number of likely N-dealkylation sites (tertiary alicyclic amines) is 1. The molecule has 6 heterocycles. The topological polar surface area (TPSA) is 155 Å². The molecule has 0 spiro atoms. The van der Waals surface area contributed by atoms with Gasteiger partial charge in [-0.25, -0.2) is 9.97 Å². The minimum Gasteiger partial charge on any atom is -0.487 e. The molecule has 3 aromatic carbocycles. The lowest BCUT2D eigenvalue weighted by Gasteiger charge is -2.52. The van der Waals surface area contributed by atoms with Gasteiger partial charge in [0, 0.05) is 93.2 Å². The third kappa shape index (κ3) is 8.05. The number of nitrogens with one attached hydrogen (secondary N) is 1. The first-order chi connectivity index (χ1) is 29.4. The monoisotopic (exact) mass is 841 g/mol. The molecule has 5 aliphatic heterocycles. The number of fused-ring (bicyclic) bond motifs is 1. The van der Waals surface area contributed by atoms with Crippen LogP contribution in [0.3, 0.4) is 0 Å². The summed E-state index contributed by atoms with van der Waals surface area (Å²) >= 11 is 6.31. The van der Waals surface area contributed by atoms with E-state index < -0.39 is 23.8 Å². The Kier molecular flexibility index (Phi) is 11.0. The average Bonchev–Trinajstić information content (AvgIpc) is 3.50. The Hall–Kier alpha value is -5.88. The van der Waals surface area contributed by atoms with Crippen molar-refractivity contribution in [2.75, 3.05) is 62.2 Å². The molecule has 4 fully saturated rings. The lowest BCUT2D eigenvalue weighted by atomic mass is 9.78. The van der Waals surface area contributed by atoms with Crippen molar-refractivity contribution in [3.8, 4) is 11.8 Å². The average molecular weight is 842 g/mol. The first-order valence-electron chi connectivity index (χ1n) is 21.1. The zero-order valence-electron chi connectivity index (χ0n) is 34.3. The van der Waals surface area contributed by atoms with Crippen LogP contribution in [0.2, 0.25) is 5.02 Å². The van der Waals surface area contributed by atoms with Crippen molar-refractivity contribution in [2.24, 2.45) is 0 Å². The van der Waals surface area contributed by atoms with E-state index in [1.165, 1.54) is 0 Å². The maximum absolute atomic E-state index is 13.4. The third-order valence-electron chi connectivity index (χ3n) is 13.1. The summed E-state index contributed by atoms with van der Waals surface area (Å²) in [6.45, 7) is 11.9. The van der Waals surface area contributed by atoms with Crippen molar-refractivity contribution in [3.63, 3.8) is 0 Å². The number of piperidine rings is 2. The lowest BCUT2D eigenvalue weighted by Crippen LogP contribution is -2.66. The fourth-order valence-electron chi connectivity index (χ4n) is 9.37. The fraction of sp³-hybridized carbons (Fsp3) is 0.413. The van der Waals surface area contributed by atoms with Crippen molar-refractivity contribution < 1.29 is 23.9 Å². The van der Waals surface area contributed by atoms with Crippen LogP contribution in [-0.4, -0.2) is 119 Å². The van der Waals surface area contributed by atoms with Crippen molar-refractivity contribution in [3.05, 3.63) is 111 Å². The second kappa shape index (κ2) is 16.5. The number of ether oxygens (including phenoxy) is 1. The van der Waals surface area contributed by atoms with Gasteiger partial charge in [0.1, 0.15) is 18.4 Å². The molecular weight excluding hydrogens is 794 g/mol. The van der Waals surface area contributed by atoms with E-state index >= 15 is 0 Å². The standard InChI is InChI=1S/C46H48ClN9O5/c1-46(2,31-20-29(24-48)21-32(47)22-31)30-5-8-37(9-6-30)61-28-33-13-14-49-45(50-33)53-18-16-52(17-19-53)36-26-55(27-36)35-4-3-15-54(25-35)34-7-10-38-39(23-34)44(60)56(43(38)59)40-11-12-41(57)51-42(40)58/h5-10,13-14,20-23,35-36,40H,3-4,11-12,15-19,25-28H2,1-2H3,(H,51,57,58). The van der Waals surface area contributed by atoms with Crippen LogP contribution in [0.4, 0.5) is 11.6 Å². The van der Waals surface area contributed by atoms with Crippen LogP contribution in [0.1, 0.15) is 82.6 Å². The largest absolute Gasteiger partial charge is 0.487 e. The van der Waals surface area contributed by atoms with Crippen LogP contribution in [0.25, 0.3) is 0 Å². The second-order valence-corrected chi connectivity index (χ2v) is 17.6. The number of piperazine rings is 1. The molecule has 0 radical (unpaired) electrons.